The molecule has 1 atom stereocenters. The van der Waals surface area contributed by atoms with E-state index in [1.54, 1.807) is 25.5 Å². The number of aromatic nitrogens is 3. The van der Waals surface area contributed by atoms with Gasteiger partial charge in [-0.3, -0.25) is 14.2 Å². The highest BCUT2D eigenvalue weighted by atomic mass is 32.1. The number of hydrogen-bond acceptors (Lipinski definition) is 9. The van der Waals surface area contributed by atoms with Crippen LogP contribution in [-0.2, 0) is 26.4 Å². The van der Waals surface area contributed by atoms with Crippen LogP contribution in [0, 0.1) is 6.92 Å². The smallest absolute Gasteiger partial charge is 0.333 e. The van der Waals surface area contributed by atoms with Crippen LogP contribution in [0.4, 0.5) is 0 Å². The zero-order valence-corrected chi connectivity index (χ0v) is 26.3. The number of carbonyl (C=O) groups excluding carboxylic acids is 1. The Hall–Kier alpha value is -3.74. The Bertz CT molecular complexity index is 1760. The number of methoxy groups -OCH3 is 1. The molecule has 2 aliphatic rings. The van der Waals surface area contributed by atoms with Crippen LogP contribution < -0.4 is 21.3 Å². The number of aryl methyl sites for hydroxylation is 1. The lowest BCUT2D eigenvalue weighted by molar-refractivity contribution is -0.130. The van der Waals surface area contributed by atoms with E-state index in [4.69, 9.17) is 18.6 Å². The molecule has 4 aromatic rings. The summed E-state index contributed by atoms with van der Waals surface area (Å²) in [7, 11) is 1.60. The molecule has 234 valence electrons. The Kier molecular flexibility index (Phi) is 8.49. The molecule has 6 rings (SSSR count). The van der Waals surface area contributed by atoms with E-state index in [-0.39, 0.29) is 24.6 Å². The van der Waals surface area contributed by atoms with Gasteiger partial charge in [0, 0.05) is 24.8 Å². The normalized spacial score (nSPS) is 17.0. The molecule has 4 heterocycles. The van der Waals surface area contributed by atoms with Crippen molar-refractivity contribution in [1.29, 1.82) is 0 Å². The van der Waals surface area contributed by atoms with E-state index in [1.807, 2.05) is 31.2 Å². The highest BCUT2D eigenvalue weighted by molar-refractivity contribution is 7.22. The number of oxazole rings is 1. The molecule has 1 saturated carbocycles. The number of amides is 1. The lowest BCUT2D eigenvalue weighted by atomic mass is 9.91. The molecule has 1 N–H and O–H groups in total. The largest absolute Gasteiger partial charge is 0.496 e. The van der Waals surface area contributed by atoms with Gasteiger partial charge in [0.2, 0.25) is 11.8 Å². The quantitative estimate of drug-likeness (QED) is 0.273. The van der Waals surface area contributed by atoms with Gasteiger partial charge in [-0.15, -0.1) is 11.3 Å². The summed E-state index contributed by atoms with van der Waals surface area (Å²) in [6.07, 6.45) is 6.57. The van der Waals surface area contributed by atoms with Gasteiger partial charge in [-0.1, -0.05) is 18.2 Å². The van der Waals surface area contributed by atoms with Gasteiger partial charge < -0.3 is 23.9 Å². The van der Waals surface area contributed by atoms with Gasteiger partial charge >= 0.3 is 5.69 Å². The fourth-order valence-corrected chi connectivity index (χ4v) is 7.16. The van der Waals surface area contributed by atoms with Gasteiger partial charge in [0.15, 0.2) is 0 Å². The molecule has 12 heteroatoms. The van der Waals surface area contributed by atoms with Gasteiger partial charge in [0.1, 0.15) is 28.5 Å². The summed E-state index contributed by atoms with van der Waals surface area (Å²) < 4.78 is 26.2. The van der Waals surface area contributed by atoms with Gasteiger partial charge in [-0.05, 0) is 64.5 Å². The SMILES string of the molecule is COc1ccccc1[C@H](Cn1c(=O)n(C(C)(C)C(=O)NC2CCC2)c(=O)c2c(C)c(-c3ncco3)sc21)OC1CCOCC1. The first-order valence-electron chi connectivity index (χ1n) is 15.1. The first-order valence-corrected chi connectivity index (χ1v) is 15.9. The number of fused-ring (bicyclic) bond motifs is 1. The lowest BCUT2D eigenvalue weighted by Gasteiger charge is -2.33. The highest BCUT2D eigenvalue weighted by Crippen LogP contribution is 2.38. The molecule has 2 fully saturated rings. The van der Waals surface area contributed by atoms with E-state index in [0.717, 1.165) is 42.2 Å². The minimum absolute atomic E-state index is 0.0470. The number of ether oxygens (including phenoxy) is 3. The lowest BCUT2D eigenvalue weighted by Crippen LogP contribution is -2.57. The molecule has 44 heavy (non-hydrogen) atoms. The number of carbonyl (C=O) groups is 1. The van der Waals surface area contributed by atoms with Crippen molar-refractivity contribution in [2.75, 3.05) is 20.3 Å². The van der Waals surface area contributed by atoms with Crippen LogP contribution in [0.2, 0.25) is 0 Å². The van der Waals surface area contributed by atoms with Crippen LogP contribution in [0.1, 0.15) is 63.2 Å². The van der Waals surface area contributed by atoms with Crippen LogP contribution in [0.25, 0.3) is 21.0 Å². The van der Waals surface area contributed by atoms with Gasteiger partial charge in [0.05, 0.1) is 36.2 Å². The van der Waals surface area contributed by atoms with E-state index in [2.05, 4.69) is 10.3 Å². The number of benzene rings is 1. The second kappa shape index (κ2) is 12.3. The molecule has 0 radical (unpaired) electrons. The maximum Gasteiger partial charge on any atom is 0.333 e. The van der Waals surface area contributed by atoms with Crippen molar-refractivity contribution in [1.82, 2.24) is 19.4 Å². The van der Waals surface area contributed by atoms with E-state index >= 15 is 0 Å². The summed E-state index contributed by atoms with van der Waals surface area (Å²) in [5, 5.41) is 3.38. The third-order valence-corrected chi connectivity index (χ3v) is 10.1. The number of para-hydroxylation sites is 1. The van der Waals surface area contributed by atoms with Gasteiger partial charge in [-0.2, -0.15) is 0 Å². The molecule has 1 aliphatic carbocycles. The molecule has 0 bridgehead atoms. The zero-order chi connectivity index (χ0) is 31.0. The Morgan fingerprint density at radius 3 is 2.59 bits per heavy atom. The third-order valence-electron chi connectivity index (χ3n) is 8.75. The maximum absolute atomic E-state index is 14.6. The molecule has 1 aromatic carbocycles. The van der Waals surface area contributed by atoms with Crippen molar-refractivity contribution < 1.29 is 23.4 Å². The summed E-state index contributed by atoms with van der Waals surface area (Å²) in [6.45, 7) is 6.31. The number of thiophene rings is 1. The molecular formula is C32H38N4O7S. The predicted octanol–water partition coefficient (Wildman–Crippen LogP) is 4.54. The molecule has 0 unspecified atom stereocenters. The molecular weight excluding hydrogens is 584 g/mol. The number of rotatable bonds is 10. The predicted molar refractivity (Wildman–Crippen MR) is 166 cm³/mol. The Morgan fingerprint density at radius 1 is 1.18 bits per heavy atom. The molecule has 1 saturated heterocycles. The fourth-order valence-electron chi connectivity index (χ4n) is 5.91. The first kappa shape index (κ1) is 30.3. The average Bonchev–Trinajstić information content (AvgIpc) is 3.65. The van der Waals surface area contributed by atoms with Crippen LogP contribution in [-0.4, -0.2) is 52.5 Å². The van der Waals surface area contributed by atoms with E-state index in [1.165, 1.54) is 23.8 Å². The molecule has 0 spiro atoms. The second-order valence-corrected chi connectivity index (χ2v) is 12.9. The third kappa shape index (κ3) is 5.50. The number of nitrogens with one attached hydrogen (secondary N) is 1. The summed E-state index contributed by atoms with van der Waals surface area (Å²) in [4.78, 5) is 47.8. The Labute approximate surface area is 258 Å². The fraction of sp³-hybridized carbons (Fsp3) is 0.500. The molecule has 1 amide bonds. The van der Waals surface area contributed by atoms with Crippen LogP contribution >= 0.6 is 11.3 Å². The van der Waals surface area contributed by atoms with Crippen molar-refractivity contribution >= 4 is 27.5 Å². The van der Waals surface area contributed by atoms with Crippen LogP contribution in [0.5, 0.6) is 5.75 Å². The molecule has 11 nitrogen and oxygen atoms in total. The van der Waals surface area contributed by atoms with Gasteiger partial charge in [0.25, 0.3) is 5.56 Å². The number of nitrogens with zero attached hydrogens (tertiary/aromatic N) is 3. The second-order valence-electron chi connectivity index (χ2n) is 11.9. The maximum atomic E-state index is 14.6. The van der Waals surface area contributed by atoms with Crippen molar-refractivity contribution in [3.05, 3.63) is 68.7 Å². The van der Waals surface area contributed by atoms with E-state index < -0.39 is 22.9 Å². The Morgan fingerprint density at radius 2 is 1.93 bits per heavy atom. The van der Waals surface area contributed by atoms with Crippen molar-refractivity contribution in [3.63, 3.8) is 0 Å². The van der Waals surface area contributed by atoms with E-state index in [9.17, 15) is 14.4 Å². The monoisotopic (exact) mass is 622 g/mol. The van der Waals surface area contributed by atoms with Crippen LogP contribution in [0.15, 0.2) is 50.7 Å². The first-order chi connectivity index (χ1) is 21.2. The summed E-state index contributed by atoms with van der Waals surface area (Å²) in [6, 6.07) is 7.62. The topological polar surface area (TPSA) is 127 Å². The zero-order valence-electron chi connectivity index (χ0n) is 25.5. The molecule has 1 aliphatic heterocycles. The minimum atomic E-state index is -1.46. The average molecular weight is 623 g/mol. The summed E-state index contributed by atoms with van der Waals surface area (Å²) in [5.41, 5.74) is -1.16. The Balaban J connectivity index is 1.54. The number of hydrogen-bond donors (Lipinski definition) is 1. The van der Waals surface area contributed by atoms with Gasteiger partial charge in [-0.25, -0.2) is 14.3 Å². The van der Waals surface area contributed by atoms with Crippen molar-refractivity contribution in [2.24, 2.45) is 0 Å². The van der Waals surface area contributed by atoms with E-state index in [0.29, 0.717) is 45.5 Å². The summed E-state index contributed by atoms with van der Waals surface area (Å²) >= 11 is 1.27. The van der Waals surface area contributed by atoms with Crippen molar-refractivity contribution in [3.8, 4) is 16.5 Å². The van der Waals surface area contributed by atoms with Crippen molar-refractivity contribution in [2.45, 2.75) is 83.2 Å². The molecule has 3 aromatic heterocycles. The summed E-state index contributed by atoms with van der Waals surface area (Å²) in [5.74, 6) is 0.619. The highest BCUT2D eigenvalue weighted by Gasteiger charge is 2.38. The van der Waals surface area contributed by atoms with Crippen LogP contribution in [0.3, 0.4) is 0 Å². The standard InChI is InChI=1S/C32H38N4O7S/c1-19-25-28(37)36(32(2,3)30(38)34-20-8-7-9-20)31(39)35(29(25)44-26(19)27-33-14-17-42-27)18-24(43-21-12-15-41-16-13-21)22-10-5-6-11-23(22)40-4/h5-6,10-11,14,17,20-21,24H,7-9,12-13,15-16,18H2,1-4H3,(H,34,38)/t24-/m0/s1. The minimum Gasteiger partial charge on any atom is -0.496 e.